The topological polar surface area (TPSA) is 43.1 Å². The van der Waals surface area contributed by atoms with Gasteiger partial charge < -0.3 is 14.0 Å². The van der Waals surface area contributed by atoms with E-state index in [4.69, 9.17) is 0 Å². The molecule has 1 amide bonds. The highest BCUT2D eigenvalue weighted by Gasteiger charge is 2.25. The largest absolute Gasteiger partial charge is 0.337 e. The summed E-state index contributed by atoms with van der Waals surface area (Å²) < 4.78 is 4.12. The summed E-state index contributed by atoms with van der Waals surface area (Å²) in [7, 11) is 0. The van der Waals surface area contributed by atoms with Crippen LogP contribution in [0.15, 0.2) is 67.5 Å². The number of rotatable bonds is 3. The van der Waals surface area contributed by atoms with E-state index in [1.807, 2.05) is 70.8 Å². The molecule has 24 heavy (non-hydrogen) atoms. The number of amides is 1. The molecule has 1 aromatic carbocycles. The zero-order chi connectivity index (χ0) is 16.4. The number of hydrogen-bond acceptors (Lipinski definition) is 2. The van der Waals surface area contributed by atoms with Crippen LogP contribution in [0, 0.1) is 0 Å². The van der Waals surface area contributed by atoms with Gasteiger partial charge in [-0.15, -0.1) is 0 Å². The Morgan fingerprint density at radius 2 is 2.00 bits per heavy atom. The first kappa shape index (κ1) is 14.8. The van der Waals surface area contributed by atoms with E-state index in [-0.39, 0.29) is 5.91 Å². The Bertz CT molecular complexity index is 808. The molecule has 1 unspecified atom stereocenters. The van der Waals surface area contributed by atoms with Crippen LogP contribution < -0.4 is 0 Å². The average Bonchev–Trinajstić information content (AvgIpc) is 3.35. The number of benzene rings is 1. The van der Waals surface area contributed by atoms with Crippen LogP contribution in [-0.2, 0) is 0 Å². The molecule has 3 aromatic rings. The van der Waals surface area contributed by atoms with Crippen LogP contribution in [0.2, 0.25) is 0 Å². The summed E-state index contributed by atoms with van der Waals surface area (Å²) in [6.07, 6.45) is 11.7. The minimum absolute atomic E-state index is 0.105. The molecule has 1 aliphatic heterocycles. The van der Waals surface area contributed by atoms with Crippen LogP contribution in [0.25, 0.3) is 5.69 Å². The van der Waals surface area contributed by atoms with Crippen LogP contribution in [0.1, 0.15) is 29.2 Å². The number of carbonyl (C=O) groups excluding carboxylic acids is 1. The summed E-state index contributed by atoms with van der Waals surface area (Å²) in [5.41, 5.74) is 1.75. The van der Waals surface area contributed by atoms with Crippen LogP contribution in [0.5, 0.6) is 0 Å². The zero-order valence-corrected chi connectivity index (χ0v) is 13.5. The maximum atomic E-state index is 12.9. The maximum absolute atomic E-state index is 12.9. The Labute approximate surface area is 141 Å². The number of nitrogens with zero attached hydrogens (tertiary/aromatic N) is 4. The number of piperidine rings is 1. The molecule has 4 rings (SSSR count). The summed E-state index contributed by atoms with van der Waals surface area (Å²) in [4.78, 5) is 19.0. The van der Waals surface area contributed by atoms with Gasteiger partial charge in [0.05, 0.1) is 12.4 Å². The Morgan fingerprint density at radius 3 is 2.79 bits per heavy atom. The molecular formula is C19H20N4O. The van der Waals surface area contributed by atoms with E-state index >= 15 is 0 Å². The van der Waals surface area contributed by atoms with Gasteiger partial charge in [0, 0.05) is 49.1 Å². The van der Waals surface area contributed by atoms with Crippen molar-refractivity contribution >= 4 is 5.91 Å². The van der Waals surface area contributed by atoms with Crippen LogP contribution in [0.3, 0.4) is 0 Å². The van der Waals surface area contributed by atoms with Gasteiger partial charge in [0.2, 0.25) is 0 Å². The van der Waals surface area contributed by atoms with Gasteiger partial charge in [-0.3, -0.25) is 4.79 Å². The molecule has 122 valence electrons. The highest BCUT2D eigenvalue weighted by Crippen LogP contribution is 2.23. The summed E-state index contributed by atoms with van der Waals surface area (Å²) in [6, 6.07) is 12.1. The second-order valence-electron chi connectivity index (χ2n) is 6.20. The third-order valence-electron chi connectivity index (χ3n) is 4.63. The van der Waals surface area contributed by atoms with Gasteiger partial charge in [0.25, 0.3) is 5.91 Å². The highest BCUT2D eigenvalue weighted by atomic mass is 16.2. The summed E-state index contributed by atoms with van der Waals surface area (Å²) >= 11 is 0. The number of imidazole rings is 1. The van der Waals surface area contributed by atoms with E-state index < -0.39 is 0 Å². The second-order valence-corrected chi connectivity index (χ2v) is 6.20. The summed E-state index contributed by atoms with van der Waals surface area (Å²) in [5.74, 6) is 0.105. The molecule has 0 bridgehead atoms. The van der Waals surface area contributed by atoms with Crippen molar-refractivity contribution in [2.75, 3.05) is 13.1 Å². The van der Waals surface area contributed by atoms with Crippen molar-refractivity contribution in [3.05, 3.63) is 73.1 Å². The van der Waals surface area contributed by atoms with Crippen molar-refractivity contribution in [1.82, 2.24) is 19.0 Å². The number of likely N-dealkylation sites (tertiary alicyclic amines) is 1. The quantitative estimate of drug-likeness (QED) is 0.744. The van der Waals surface area contributed by atoms with Crippen LogP contribution >= 0.6 is 0 Å². The smallest absolute Gasteiger partial charge is 0.253 e. The van der Waals surface area contributed by atoms with Gasteiger partial charge in [0.15, 0.2) is 0 Å². The highest BCUT2D eigenvalue weighted by molar-refractivity contribution is 5.94. The Kier molecular flexibility index (Phi) is 3.91. The first-order valence-electron chi connectivity index (χ1n) is 8.31. The molecule has 1 atom stereocenters. The first-order chi connectivity index (χ1) is 11.8. The molecular weight excluding hydrogens is 300 g/mol. The van der Waals surface area contributed by atoms with Crippen LogP contribution in [-0.4, -0.2) is 38.0 Å². The molecule has 3 heterocycles. The first-order valence-corrected chi connectivity index (χ1v) is 8.31. The fraction of sp³-hybridized carbons (Fsp3) is 0.263. The molecule has 0 spiro atoms. The predicted octanol–water partition coefficient (Wildman–Crippen LogP) is 3.15. The van der Waals surface area contributed by atoms with Crippen molar-refractivity contribution in [3.8, 4) is 5.69 Å². The monoisotopic (exact) mass is 320 g/mol. The van der Waals surface area contributed by atoms with Crippen molar-refractivity contribution in [2.24, 2.45) is 0 Å². The molecule has 0 radical (unpaired) electrons. The molecule has 1 aliphatic rings. The Morgan fingerprint density at radius 1 is 1.12 bits per heavy atom. The van der Waals surface area contributed by atoms with Crippen molar-refractivity contribution < 1.29 is 4.79 Å². The van der Waals surface area contributed by atoms with Gasteiger partial charge >= 0.3 is 0 Å². The average molecular weight is 320 g/mol. The molecule has 0 aliphatic carbocycles. The second kappa shape index (κ2) is 6.35. The standard InChI is InChI=1S/C19H20N4O/c24-19(16-5-3-6-17(13-16)21-9-1-2-10-21)22-11-4-7-18(14-22)23-12-8-20-15-23/h1-3,5-6,8-10,12-13,15,18H,4,7,11,14H2. The van der Waals surface area contributed by atoms with Crippen molar-refractivity contribution in [3.63, 3.8) is 0 Å². The van der Waals surface area contributed by atoms with Crippen molar-refractivity contribution in [2.45, 2.75) is 18.9 Å². The maximum Gasteiger partial charge on any atom is 0.253 e. The number of hydrogen-bond donors (Lipinski definition) is 0. The van der Waals surface area contributed by atoms with E-state index in [1.54, 1.807) is 6.20 Å². The van der Waals surface area contributed by atoms with Gasteiger partial charge in [-0.25, -0.2) is 4.98 Å². The van der Waals surface area contributed by atoms with Gasteiger partial charge in [-0.2, -0.15) is 0 Å². The molecule has 2 aromatic heterocycles. The van der Waals surface area contributed by atoms with Gasteiger partial charge in [-0.1, -0.05) is 6.07 Å². The molecule has 5 heteroatoms. The molecule has 0 N–H and O–H groups in total. The third-order valence-corrected chi connectivity index (χ3v) is 4.63. The summed E-state index contributed by atoms with van der Waals surface area (Å²) in [6.45, 7) is 1.56. The van der Waals surface area contributed by atoms with Crippen molar-refractivity contribution in [1.29, 1.82) is 0 Å². The van der Waals surface area contributed by atoms with E-state index in [0.29, 0.717) is 6.04 Å². The lowest BCUT2D eigenvalue weighted by Gasteiger charge is -2.33. The molecule has 0 saturated carbocycles. The Balaban J connectivity index is 1.54. The Hall–Kier alpha value is -2.82. The lowest BCUT2D eigenvalue weighted by atomic mass is 10.0. The minimum atomic E-state index is 0.105. The lowest BCUT2D eigenvalue weighted by Crippen LogP contribution is -2.40. The van der Waals surface area contributed by atoms with E-state index in [1.165, 1.54) is 0 Å². The van der Waals surface area contributed by atoms with Crippen LogP contribution in [0.4, 0.5) is 0 Å². The van der Waals surface area contributed by atoms with E-state index in [9.17, 15) is 4.79 Å². The van der Waals surface area contributed by atoms with E-state index in [0.717, 1.165) is 37.2 Å². The number of aromatic nitrogens is 3. The predicted molar refractivity (Wildman–Crippen MR) is 92.2 cm³/mol. The fourth-order valence-corrected chi connectivity index (χ4v) is 3.36. The minimum Gasteiger partial charge on any atom is -0.337 e. The molecule has 5 nitrogen and oxygen atoms in total. The van der Waals surface area contributed by atoms with Gasteiger partial charge in [-0.05, 0) is 43.2 Å². The lowest BCUT2D eigenvalue weighted by molar-refractivity contribution is 0.0679. The molecule has 1 saturated heterocycles. The fourth-order valence-electron chi connectivity index (χ4n) is 3.36. The SMILES string of the molecule is O=C(c1cccc(-n2cccc2)c1)N1CCCC(n2ccnc2)C1. The molecule has 1 fully saturated rings. The summed E-state index contributed by atoms with van der Waals surface area (Å²) in [5, 5.41) is 0. The normalized spacial score (nSPS) is 17.8. The third kappa shape index (κ3) is 2.85. The zero-order valence-electron chi connectivity index (χ0n) is 13.5. The number of carbonyl (C=O) groups is 1. The van der Waals surface area contributed by atoms with Gasteiger partial charge in [0.1, 0.15) is 0 Å². The van der Waals surface area contributed by atoms with E-state index in [2.05, 4.69) is 9.55 Å².